The number of fused-ring (bicyclic) bond motifs is 1. The van der Waals surface area contributed by atoms with E-state index >= 15 is 0 Å². The summed E-state index contributed by atoms with van der Waals surface area (Å²) in [6.07, 6.45) is 0. The van der Waals surface area contributed by atoms with Crippen molar-refractivity contribution in [2.24, 2.45) is 0 Å². The molecular formula is C22H18ClFN4O2. The maximum absolute atomic E-state index is 13.4. The second-order valence-corrected chi connectivity index (χ2v) is 7.05. The predicted molar refractivity (Wildman–Crippen MR) is 117 cm³/mol. The van der Waals surface area contributed by atoms with Crippen LogP contribution < -0.4 is 20.4 Å². The van der Waals surface area contributed by atoms with E-state index in [1.54, 1.807) is 40.1 Å². The highest BCUT2D eigenvalue weighted by Gasteiger charge is 2.30. The first kappa shape index (κ1) is 19.7. The number of halogens is 2. The van der Waals surface area contributed by atoms with E-state index in [4.69, 9.17) is 11.6 Å². The Bertz CT molecular complexity index is 1090. The number of rotatable bonds is 2. The van der Waals surface area contributed by atoms with Crippen molar-refractivity contribution in [3.63, 3.8) is 0 Å². The summed E-state index contributed by atoms with van der Waals surface area (Å²) in [7, 11) is 0. The van der Waals surface area contributed by atoms with E-state index in [2.05, 4.69) is 10.6 Å². The minimum atomic E-state index is -0.557. The fourth-order valence-corrected chi connectivity index (χ4v) is 3.44. The molecule has 0 bridgehead atoms. The Kier molecular flexibility index (Phi) is 5.54. The number of nitrogens with one attached hydrogen (secondary N) is 2. The van der Waals surface area contributed by atoms with Gasteiger partial charge in [-0.15, -0.1) is 0 Å². The normalized spacial score (nSPS) is 12.9. The quantitative estimate of drug-likeness (QED) is 0.564. The van der Waals surface area contributed by atoms with E-state index in [0.717, 1.165) is 0 Å². The zero-order valence-electron chi connectivity index (χ0n) is 15.8. The van der Waals surface area contributed by atoms with Gasteiger partial charge in [0, 0.05) is 24.5 Å². The molecule has 6 nitrogen and oxygen atoms in total. The lowest BCUT2D eigenvalue weighted by molar-refractivity contribution is 0.253. The molecule has 3 aromatic carbocycles. The van der Waals surface area contributed by atoms with E-state index in [9.17, 15) is 14.0 Å². The van der Waals surface area contributed by atoms with Crippen molar-refractivity contribution in [2.45, 2.75) is 0 Å². The first-order chi connectivity index (χ1) is 14.5. The molecule has 3 aromatic rings. The molecule has 0 aliphatic carbocycles. The molecule has 1 heterocycles. The van der Waals surface area contributed by atoms with Crippen molar-refractivity contribution in [3.05, 3.63) is 83.6 Å². The van der Waals surface area contributed by atoms with E-state index in [1.807, 2.05) is 24.3 Å². The lowest BCUT2D eigenvalue weighted by Crippen LogP contribution is -2.49. The van der Waals surface area contributed by atoms with Gasteiger partial charge >= 0.3 is 12.1 Å². The molecular weight excluding hydrogens is 407 g/mol. The van der Waals surface area contributed by atoms with Gasteiger partial charge < -0.3 is 10.6 Å². The molecule has 0 fully saturated rings. The molecule has 0 aromatic heterocycles. The Morgan fingerprint density at radius 2 is 1.30 bits per heavy atom. The summed E-state index contributed by atoms with van der Waals surface area (Å²) in [5.41, 5.74) is 2.28. The van der Waals surface area contributed by atoms with Crippen molar-refractivity contribution >= 4 is 46.4 Å². The van der Waals surface area contributed by atoms with Crippen LogP contribution in [0.3, 0.4) is 0 Å². The van der Waals surface area contributed by atoms with Gasteiger partial charge in [-0.05, 0) is 42.5 Å². The number of hydrogen-bond acceptors (Lipinski definition) is 2. The fourth-order valence-electron chi connectivity index (χ4n) is 3.26. The maximum Gasteiger partial charge on any atom is 0.326 e. The topological polar surface area (TPSA) is 64.7 Å². The third-order valence-corrected chi connectivity index (χ3v) is 4.99. The largest absolute Gasteiger partial charge is 0.326 e. The van der Waals surface area contributed by atoms with E-state index in [1.165, 1.54) is 18.2 Å². The molecule has 30 heavy (non-hydrogen) atoms. The Labute approximate surface area is 177 Å². The Balaban J connectivity index is 1.54. The molecule has 152 valence electrons. The van der Waals surface area contributed by atoms with Crippen LogP contribution in [0, 0.1) is 5.82 Å². The van der Waals surface area contributed by atoms with Crippen molar-refractivity contribution in [1.29, 1.82) is 0 Å². The van der Waals surface area contributed by atoms with Crippen LogP contribution in [0.2, 0.25) is 5.02 Å². The molecule has 0 spiro atoms. The highest BCUT2D eigenvalue weighted by molar-refractivity contribution is 6.31. The van der Waals surface area contributed by atoms with Gasteiger partial charge in [-0.2, -0.15) is 0 Å². The second kappa shape index (κ2) is 8.42. The molecule has 8 heteroatoms. The van der Waals surface area contributed by atoms with Gasteiger partial charge in [0.2, 0.25) is 0 Å². The first-order valence-electron chi connectivity index (χ1n) is 9.29. The number of carbonyl (C=O) groups is 2. The average molecular weight is 425 g/mol. The van der Waals surface area contributed by atoms with Gasteiger partial charge in [0.15, 0.2) is 0 Å². The number of amides is 4. The van der Waals surface area contributed by atoms with Crippen LogP contribution in [0.15, 0.2) is 72.8 Å². The minimum Gasteiger partial charge on any atom is -0.308 e. The summed E-state index contributed by atoms with van der Waals surface area (Å²) >= 11 is 5.79. The monoisotopic (exact) mass is 424 g/mol. The fraction of sp³-hybridized carbons (Fsp3) is 0.0909. The van der Waals surface area contributed by atoms with Gasteiger partial charge in [-0.1, -0.05) is 41.9 Å². The molecule has 0 unspecified atom stereocenters. The Morgan fingerprint density at radius 1 is 0.767 bits per heavy atom. The number of hydrogen-bond donors (Lipinski definition) is 2. The van der Waals surface area contributed by atoms with Crippen LogP contribution in [-0.2, 0) is 0 Å². The number of anilines is 4. The van der Waals surface area contributed by atoms with Gasteiger partial charge in [0.25, 0.3) is 0 Å². The molecule has 2 N–H and O–H groups in total. The van der Waals surface area contributed by atoms with Crippen LogP contribution in [0.5, 0.6) is 0 Å². The zero-order valence-corrected chi connectivity index (χ0v) is 16.6. The standard InChI is InChI=1S/C22H18ClFN4O2/c23-17-14-16(10-11-18(17)24)26-22(30)28-13-12-27(19-8-4-5-9-20(19)28)21(29)25-15-6-2-1-3-7-15/h1-11,14H,12-13H2,(H,25,29)(H,26,30). The number of urea groups is 2. The van der Waals surface area contributed by atoms with Crippen LogP contribution in [0.4, 0.5) is 36.7 Å². The van der Waals surface area contributed by atoms with Gasteiger partial charge in [0.05, 0.1) is 16.4 Å². The van der Waals surface area contributed by atoms with E-state index in [0.29, 0.717) is 35.8 Å². The number of carbonyl (C=O) groups excluding carboxylic acids is 2. The predicted octanol–water partition coefficient (Wildman–Crippen LogP) is 5.57. The molecule has 0 saturated heterocycles. The van der Waals surface area contributed by atoms with Crippen molar-refractivity contribution in [1.82, 2.24) is 0 Å². The van der Waals surface area contributed by atoms with Gasteiger partial charge in [-0.25, -0.2) is 14.0 Å². The zero-order chi connectivity index (χ0) is 21.1. The van der Waals surface area contributed by atoms with Crippen molar-refractivity contribution in [2.75, 3.05) is 33.5 Å². The molecule has 1 aliphatic rings. The smallest absolute Gasteiger partial charge is 0.308 e. The molecule has 0 radical (unpaired) electrons. The SMILES string of the molecule is O=C(Nc1ccccc1)N1CCN(C(=O)Nc2ccc(F)c(Cl)c2)c2ccccc21. The number of para-hydroxylation sites is 3. The number of nitrogens with zero attached hydrogens (tertiary/aromatic N) is 2. The second-order valence-electron chi connectivity index (χ2n) is 6.65. The van der Waals surface area contributed by atoms with Crippen molar-refractivity contribution < 1.29 is 14.0 Å². The average Bonchev–Trinajstić information content (AvgIpc) is 2.76. The summed E-state index contributed by atoms with van der Waals surface area (Å²) in [5, 5.41) is 5.51. The van der Waals surface area contributed by atoms with Crippen LogP contribution in [0.1, 0.15) is 0 Å². The summed E-state index contributed by atoms with van der Waals surface area (Å²) < 4.78 is 13.4. The van der Waals surface area contributed by atoms with Crippen molar-refractivity contribution in [3.8, 4) is 0 Å². The van der Waals surface area contributed by atoms with Crippen LogP contribution in [0.25, 0.3) is 0 Å². The highest BCUT2D eigenvalue weighted by Crippen LogP contribution is 2.34. The molecule has 4 amide bonds. The lowest BCUT2D eigenvalue weighted by atomic mass is 10.1. The van der Waals surface area contributed by atoms with E-state index in [-0.39, 0.29) is 11.1 Å². The Hall–Kier alpha value is -3.58. The molecule has 0 atom stereocenters. The Morgan fingerprint density at radius 3 is 1.87 bits per heavy atom. The van der Waals surface area contributed by atoms with Gasteiger partial charge in [0.1, 0.15) is 5.82 Å². The maximum atomic E-state index is 13.4. The van der Waals surface area contributed by atoms with Crippen LogP contribution >= 0.6 is 11.6 Å². The van der Waals surface area contributed by atoms with Gasteiger partial charge in [-0.3, -0.25) is 9.80 Å². The third-order valence-electron chi connectivity index (χ3n) is 4.70. The third kappa shape index (κ3) is 4.06. The molecule has 1 aliphatic heterocycles. The molecule has 4 rings (SSSR count). The van der Waals surface area contributed by atoms with Crippen LogP contribution in [-0.4, -0.2) is 25.2 Å². The minimum absolute atomic E-state index is 0.0735. The molecule has 0 saturated carbocycles. The highest BCUT2D eigenvalue weighted by atomic mass is 35.5. The summed E-state index contributed by atoms with van der Waals surface area (Å²) in [5.74, 6) is -0.557. The summed E-state index contributed by atoms with van der Waals surface area (Å²) in [4.78, 5) is 28.8. The first-order valence-corrected chi connectivity index (χ1v) is 9.67. The summed E-state index contributed by atoms with van der Waals surface area (Å²) in [6, 6.07) is 19.6. The number of benzene rings is 3. The van der Waals surface area contributed by atoms with E-state index < -0.39 is 11.8 Å². The summed E-state index contributed by atoms with van der Waals surface area (Å²) in [6.45, 7) is 0.604. The lowest BCUT2D eigenvalue weighted by Gasteiger charge is -2.36.